The highest BCUT2D eigenvalue weighted by molar-refractivity contribution is 7.09. The number of rotatable bonds is 5. The van der Waals surface area contributed by atoms with E-state index in [0.717, 1.165) is 41.7 Å². The molecule has 1 amide bonds. The van der Waals surface area contributed by atoms with Gasteiger partial charge in [-0.1, -0.05) is 0 Å². The first kappa shape index (κ1) is 15.9. The SMILES string of the molecule is Cc1nc(CC(=O)Nc2cnn(Cc3nnc4n3CCCC4)c2)cs1. The van der Waals surface area contributed by atoms with Crippen LogP contribution >= 0.6 is 11.3 Å². The maximum Gasteiger partial charge on any atom is 0.230 e. The van der Waals surface area contributed by atoms with Crippen LogP contribution in [-0.4, -0.2) is 35.4 Å². The van der Waals surface area contributed by atoms with Gasteiger partial charge in [0.05, 0.1) is 29.0 Å². The van der Waals surface area contributed by atoms with Gasteiger partial charge < -0.3 is 9.88 Å². The Kier molecular flexibility index (Phi) is 4.31. The second kappa shape index (κ2) is 6.75. The molecule has 0 radical (unpaired) electrons. The highest BCUT2D eigenvalue weighted by Crippen LogP contribution is 2.16. The molecule has 4 rings (SSSR count). The Labute approximate surface area is 148 Å². The first-order valence-corrected chi connectivity index (χ1v) is 9.19. The third kappa shape index (κ3) is 3.60. The number of carbonyl (C=O) groups excluding carboxylic acids is 1. The molecule has 3 aromatic heterocycles. The number of hydrogen-bond donors (Lipinski definition) is 1. The summed E-state index contributed by atoms with van der Waals surface area (Å²) in [6.07, 6.45) is 7.06. The van der Waals surface area contributed by atoms with Crippen molar-refractivity contribution < 1.29 is 4.79 Å². The third-order valence-corrected chi connectivity index (χ3v) is 4.99. The van der Waals surface area contributed by atoms with E-state index in [9.17, 15) is 4.79 Å². The number of hydrogen-bond acceptors (Lipinski definition) is 6. The van der Waals surface area contributed by atoms with Gasteiger partial charge in [0.15, 0.2) is 5.82 Å². The van der Waals surface area contributed by atoms with Crippen molar-refractivity contribution in [3.05, 3.63) is 40.1 Å². The van der Waals surface area contributed by atoms with Crippen LogP contribution in [0.3, 0.4) is 0 Å². The Morgan fingerprint density at radius 3 is 3.12 bits per heavy atom. The molecular formula is C16H19N7OS. The third-order valence-electron chi connectivity index (χ3n) is 4.16. The Balaban J connectivity index is 1.38. The number of carbonyl (C=O) groups is 1. The van der Waals surface area contributed by atoms with Crippen molar-refractivity contribution in [3.8, 4) is 0 Å². The number of aryl methyl sites for hydroxylation is 2. The van der Waals surface area contributed by atoms with Crippen molar-refractivity contribution in [1.82, 2.24) is 29.5 Å². The summed E-state index contributed by atoms with van der Waals surface area (Å²) in [4.78, 5) is 16.4. The van der Waals surface area contributed by atoms with Crippen molar-refractivity contribution in [2.24, 2.45) is 0 Å². The smallest absolute Gasteiger partial charge is 0.230 e. The van der Waals surface area contributed by atoms with Crippen molar-refractivity contribution in [2.75, 3.05) is 5.32 Å². The van der Waals surface area contributed by atoms with Gasteiger partial charge in [0, 0.05) is 24.5 Å². The molecule has 0 saturated carbocycles. The summed E-state index contributed by atoms with van der Waals surface area (Å²) in [7, 11) is 0. The predicted molar refractivity (Wildman–Crippen MR) is 93.5 cm³/mol. The molecule has 0 aromatic carbocycles. The van der Waals surface area contributed by atoms with E-state index in [1.54, 1.807) is 22.2 Å². The molecule has 1 N–H and O–H groups in total. The van der Waals surface area contributed by atoms with E-state index in [-0.39, 0.29) is 12.3 Å². The molecule has 130 valence electrons. The van der Waals surface area contributed by atoms with E-state index in [1.807, 2.05) is 18.5 Å². The van der Waals surface area contributed by atoms with E-state index in [1.165, 1.54) is 6.42 Å². The normalized spacial score (nSPS) is 13.6. The Morgan fingerprint density at radius 2 is 2.28 bits per heavy atom. The zero-order valence-corrected chi connectivity index (χ0v) is 14.8. The minimum atomic E-state index is -0.0929. The van der Waals surface area contributed by atoms with Gasteiger partial charge in [-0.3, -0.25) is 9.48 Å². The summed E-state index contributed by atoms with van der Waals surface area (Å²) >= 11 is 1.55. The number of nitrogens with zero attached hydrogens (tertiary/aromatic N) is 6. The maximum absolute atomic E-state index is 12.1. The van der Waals surface area contributed by atoms with Gasteiger partial charge in [0.1, 0.15) is 12.4 Å². The molecule has 0 unspecified atom stereocenters. The lowest BCUT2D eigenvalue weighted by atomic mass is 10.2. The number of aromatic nitrogens is 6. The number of nitrogens with one attached hydrogen (secondary N) is 1. The lowest BCUT2D eigenvalue weighted by Gasteiger charge is -2.14. The standard InChI is InChI=1S/C16H19N7OS/c1-11-18-12(10-25-11)6-16(24)19-13-7-17-22(8-13)9-15-21-20-14-4-2-3-5-23(14)15/h7-8,10H,2-6,9H2,1H3,(H,19,24). The fourth-order valence-electron chi connectivity index (χ4n) is 3.00. The van der Waals surface area contributed by atoms with Crippen LogP contribution in [0.15, 0.2) is 17.8 Å². The average molecular weight is 357 g/mol. The van der Waals surface area contributed by atoms with Gasteiger partial charge in [-0.15, -0.1) is 21.5 Å². The first-order valence-electron chi connectivity index (χ1n) is 8.31. The second-order valence-corrected chi connectivity index (χ2v) is 7.21. The van der Waals surface area contributed by atoms with Crippen LogP contribution in [0.25, 0.3) is 0 Å². The van der Waals surface area contributed by atoms with Crippen LogP contribution < -0.4 is 5.32 Å². The summed E-state index contributed by atoms with van der Waals surface area (Å²) in [5, 5.41) is 18.6. The van der Waals surface area contributed by atoms with Crippen molar-refractivity contribution in [2.45, 2.75) is 45.7 Å². The molecule has 3 aromatic rings. The predicted octanol–water partition coefficient (Wildman–Crippen LogP) is 1.81. The van der Waals surface area contributed by atoms with Crippen molar-refractivity contribution >= 4 is 22.9 Å². The number of anilines is 1. The first-order chi connectivity index (χ1) is 12.2. The molecule has 0 fully saturated rings. The molecule has 8 nitrogen and oxygen atoms in total. The Hall–Kier alpha value is -2.55. The van der Waals surface area contributed by atoms with Gasteiger partial charge in [-0.2, -0.15) is 5.10 Å². The van der Waals surface area contributed by atoms with Crippen molar-refractivity contribution in [1.29, 1.82) is 0 Å². The molecule has 4 heterocycles. The zero-order valence-electron chi connectivity index (χ0n) is 14.0. The highest BCUT2D eigenvalue weighted by Gasteiger charge is 2.16. The summed E-state index contributed by atoms with van der Waals surface area (Å²) in [6.45, 7) is 3.45. The molecule has 1 aliphatic rings. The number of amides is 1. The van der Waals surface area contributed by atoms with E-state index in [0.29, 0.717) is 12.2 Å². The minimum absolute atomic E-state index is 0.0929. The van der Waals surface area contributed by atoms with E-state index in [2.05, 4.69) is 30.2 Å². The van der Waals surface area contributed by atoms with Crippen LogP contribution in [0, 0.1) is 6.92 Å². The van der Waals surface area contributed by atoms with Crippen LogP contribution in [0.2, 0.25) is 0 Å². The molecule has 1 aliphatic heterocycles. The molecule has 0 bridgehead atoms. The molecule has 25 heavy (non-hydrogen) atoms. The topological polar surface area (TPSA) is 90.5 Å². The molecule has 9 heteroatoms. The summed E-state index contributed by atoms with van der Waals surface area (Å²) < 4.78 is 3.95. The largest absolute Gasteiger partial charge is 0.323 e. The fourth-order valence-corrected chi connectivity index (χ4v) is 3.62. The molecule has 0 atom stereocenters. The second-order valence-electron chi connectivity index (χ2n) is 6.15. The molecule has 0 aliphatic carbocycles. The molecule has 0 spiro atoms. The lowest BCUT2D eigenvalue weighted by Crippen LogP contribution is -2.15. The van der Waals surface area contributed by atoms with Gasteiger partial charge in [0.2, 0.25) is 5.91 Å². The van der Waals surface area contributed by atoms with Gasteiger partial charge in [-0.05, 0) is 19.8 Å². The fraction of sp³-hybridized carbons (Fsp3) is 0.438. The molecular weight excluding hydrogens is 338 g/mol. The monoisotopic (exact) mass is 357 g/mol. The van der Waals surface area contributed by atoms with E-state index < -0.39 is 0 Å². The van der Waals surface area contributed by atoms with Crippen LogP contribution in [-0.2, 0) is 30.7 Å². The number of fused-ring (bicyclic) bond motifs is 1. The molecule has 0 saturated heterocycles. The van der Waals surface area contributed by atoms with Gasteiger partial charge in [-0.25, -0.2) is 4.98 Å². The maximum atomic E-state index is 12.1. The van der Waals surface area contributed by atoms with Crippen LogP contribution in [0.5, 0.6) is 0 Å². The van der Waals surface area contributed by atoms with E-state index >= 15 is 0 Å². The van der Waals surface area contributed by atoms with Crippen LogP contribution in [0.4, 0.5) is 5.69 Å². The zero-order chi connectivity index (χ0) is 17.2. The highest BCUT2D eigenvalue weighted by atomic mass is 32.1. The Morgan fingerprint density at radius 1 is 1.36 bits per heavy atom. The summed E-state index contributed by atoms with van der Waals surface area (Å²) in [5.74, 6) is 1.87. The van der Waals surface area contributed by atoms with Crippen molar-refractivity contribution in [3.63, 3.8) is 0 Å². The van der Waals surface area contributed by atoms with E-state index in [4.69, 9.17) is 0 Å². The van der Waals surface area contributed by atoms with Gasteiger partial charge in [0.25, 0.3) is 0 Å². The Bertz CT molecular complexity index is 894. The number of thiazole rings is 1. The van der Waals surface area contributed by atoms with Crippen LogP contribution in [0.1, 0.15) is 35.2 Å². The summed E-state index contributed by atoms with van der Waals surface area (Å²) in [5.41, 5.74) is 1.47. The minimum Gasteiger partial charge on any atom is -0.323 e. The van der Waals surface area contributed by atoms with Gasteiger partial charge >= 0.3 is 0 Å². The average Bonchev–Trinajstić information content (AvgIpc) is 3.30. The quantitative estimate of drug-likeness (QED) is 0.752. The lowest BCUT2D eigenvalue weighted by molar-refractivity contribution is -0.115. The summed E-state index contributed by atoms with van der Waals surface area (Å²) in [6, 6.07) is 0.